The van der Waals surface area contributed by atoms with Gasteiger partial charge in [-0.05, 0) is 30.3 Å². The fourth-order valence-electron chi connectivity index (χ4n) is 1.44. The van der Waals surface area contributed by atoms with Gasteiger partial charge in [0, 0.05) is 17.7 Å². The molecule has 0 spiro atoms. The summed E-state index contributed by atoms with van der Waals surface area (Å²) >= 11 is 6.07. The van der Waals surface area contributed by atoms with Crippen LogP contribution in [0.15, 0.2) is 34.7 Å². The van der Waals surface area contributed by atoms with E-state index in [9.17, 15) is 0 Å². The molecule has 2 nitrogen and oxygen atoms in total. The molecule has 0 aliphatic rings. The summed E-state index contributed by atoms with van der Waals surface area (Å²) in [6, 6.07) is 9.24. The SMILES string of the molecule is CCc1ccc(-c2cc(N)ccc2Cl)o1. The van der Waals surface area contributed by atoms with Crippen molar-refractivity contribution in [2.45, 2.75) is 13.3 Å². The zero-order valence-electron chi connectivity index (χ0n) is 8.46. The standard InChI is InChI=1S/C12H12ClNO/c1-2-9-4-6-12(15-9)10-7-8(14)3-5-11(10)13/h3-7H,2,14H2,1H3. The van der Waals surface area contributed by atoms with Crippen molar-refractivity contribution < 1.29 is 4.42 Å². The number of aryl methyl sites for hydroxylation is 1. The minimum Gasteiger partial charge on any atom is -0.461 e. The molecule has 2 aromatic rings. The van der Waals surface area contributed by atoms with E-state index in [2.05, 4.69) is 0 Å². The molecule has 0 amide bonds. The van der Waals surface area contributed by atoms with E-state index < -0.39 is 0 Å². The Morgan fingerprint density at radius 3 is 2.73 bits per heavy atom. The monoisotopic (exact) mass is 221 g/mol. The van der Waals surface area contributed by atoms with Gasteiger partial charge in [0.1, 0.15) is 11.5 Å². The summed E-state index contributed by atoms with van der Waals surface area (Å²) in [6.45, 7) is 2.05. The third-order valence-corrected chi connectivity index (χ3v) is 2.60. The molecule has 78 valence electrons. The number of halogens is 1. The highest BCUT2D eigenvalue weighted by atomic mass is 35.5. The number of benzene rings is 1. The Hall–Kier alpha value is -1.41. The second-order valence-electron chi connectivity index (χ2n) is 3.36. The number of nitrogens with two attached hydrogens (primary N) is 1. The Morgan fingerprint density at radius 2 is 2.07 bits per heavy atom. The summed E-state index contributed by atoms with van der Waals surface area (Å²) in [7, 11) is 0. The molecule has 1 heterocycles. The largest absolute Gasteiger partial charge is 0.461 e. The number of nitrogen functional groups attached to an aromatic ring is 1. The van der Waals surface area contributed by atoms with Crippen molar-refractivity contribution in [2.24, 2.45) is 0 Å². The maximum absolute atomic E-state index is 6.07. The van der Waals surface area contributed by atoms with Gasteiger partial charge in [-0.25, -0.2) is 0 Å². The molecular formula is C12H12ClNO. The van der Waals surface area contributed by atoms with Gasteiger partial charge in [0.05, 0.1) is 5.02 Å². The van der Waals surface area contributed by atoms with Crippen molar-refractivity contribution in [1.82, 2.24) is 0 Å². The van der Waals surface area contributed by atoms with E-state index in [1.54, 1.807) is 12.1 Å². The Kier molecular flexibility index (Phi) is 2.69. The Morgan fingerprint density at radius 1 is 1.27 bits per heavy atom. The van der Waals surface area contributed by atoms with Gasteiger partial charge in [-0.2, -0.15) is 0 Å². The van der Waals surface area contributed by atoms with Crippen LogP contribution in [0.5, 0.6) is 0 Å². The number of anilines is 1. The molecule has 15 heavy (non-hydrogen) atoms. The van der Waals surface area contributed by atoms with Gasteiger partial charge in [-0.1, -0.05) is 18.5 Å². The third kappa shape index (κ3) is 2.00. The molecule has 1 aromatic heterocycles. The van der Waals surface area contributed by atoms with Crippen LogP contribution in [0.1, 0.15) is 12.7 Å². The lowest BCUT2D eigenvalue weighted by Crippen LogP contribution is -1.85. The fourth-order valence-corrected chi connectivity index (χ4v) is 1.66. The predicted molar refractivity (Wildman–Crippen MR) is 62.9 cm³/mol. The van der Waals surface area contributed by atoms with Crippen molar-refractivity contribution in [1.29, 1.82) is 0 Å². The average Bonchev–Trinajstić information content (AvgIpc) is 2.70. The Balaban J connectivity index is 2.48. The molecule has 0 bridgehead atoms. The van der Waals surface area contributed by atoms with Crippen molar-refractivity contribution in [3.05, 3.63) is 41.1 Å². The maximum atomic E-state index is 6.07. The van der Waals surface area contributed by atoms with E-state index in [4.69, 9.17) is 21.8 Å². The van der Waals surface area contributed by atoms with Gasteiger partial charge in [0.15, 0.2) is 0 Å². The molecule has 0 unspecified atom stereocenters. The maximum Gasteiger partial charge on any atom is 0.135 e. The summed E-state index contributed by atoms with van der Waals surface area (Å²) in [4.78, 5) is 0. The predicted octanol–water partition coefficient (Wildman–Crippen LogP) is 3.74. The molecular weight excluding hydrogens is 210 g/mol. The van der Waals surface area contributed by atoms with Gasteiger partial charge < -0.3 is 10.2 Å². The minimum atomic E-state index is 0.654. The van der Waals surface area contributed by atoms with E-state index in [0.29, 0.717) is 10.7 Å². The topological polar surface area (TPSA) is 39.2 Å². The van der Waals surface area contributed by atoms with Gasteiger partial charge in [-0.3, -0.25) is 0 Å². The van der Waals surface area contributed by atoms with Gasteiger partial charge in [0.25, 0.3) is 0 Å². The second kappa shape index (κ2) is 3.99. The molecule has 0 saturated carbocycles. The quantitative estimate of drug-likeness (QED) is 0.785. The number of hydrogen-bond donors (Lipinski definition) is 1. The molecule has 0 radical (unpaired) electrons. The summed E-state index contributed by atoms with van der Waals surface area (Å²) in [5.41, 5.74) is 7.23. The van der Waals surface area contributed by atoms with Crippen LogP contribution in [-0.2, 0) is 6.42 Å². The van der Waals surface area contributed by atoms with Crippen LogP contribution >= 0.6 is 11.6 Å². The Labute approximate surface area is 93.7 Å². The molecule has 0 aliphatic carbocycles. The molecule has 0 aliphatic heterocycles. The molecule has 2 N–H and O–H groups in total. The first kappa shape index (κ1) is 10.1. The highest BCUT2D eigenvalue weighted by Gasteiger charge is 2.08. The highest BCUT2D eigenvalue weighted by molar-refractivity contribution is 6.33. The number of furan rings is 1. The van der Waals surface area contributed by atoms with Crippen molar-refractivity contribution >= 4 is 17.3 Å². The van der Waals surface area contributed by atoms with Gasteiger partial charge in [0.2, 0.25) is 0 Å². The van der Waals surface area contributed by atoms with Crippen LogP contribution in [0.4, 0.5) is 5.69 Å². The second-order valence-corrected chi connectivity index (χ2v) is 3.77. The minimum absolute atomic E-state index is 0.654. The molecule has 0 atom stereocenters. The average molecular weight is 222 g/mol. The normalized spacial score (nSPS) is 10.5. The van der Waals surface area contributed by atoms with Crippen molar-refractivity contribution in [2.75, 3.05) is 5.73 Å². The van der Waals surface area contributed by atoms with Crippen LogP contribution in [-0.4, -0.2) is 0 Å². The summed E-state index contributed by atoms with van der Waals surface area (Å²) in [6.07, 6.45) is 0.875. The zero-order valence-corrected chi connectivity index (χ0v) is 9.21. The smallest absolute Gasteiger partial charge is 0.135 e. The van der Waals surface area contributed by atoms with E-state index >= 15 is 0 Å². The fraction of sp³-hybridized carbons (Fsp3) is 0.167. The van der Waals surface area contributed by atoms with E-state index in [-0.39, 0.29) is 0 Å². The first-order chi connectivity index (χ1) is 7.20. The third-order valence-electron chi connectivity index (χ3n) is 2.27. The lowest BCUT2D eigenvalue weighted by molar-refractivity contribution is 0.529. The molecule has 3 heteroatoms. The van der Waals surface area contributed by atoms with Gasteiger partial charge >= 0.3 is 0 Å². The van der Waals surface area contributed by atoms with E-state index in [0.717, 1.165) is 23.5 Å². The van der Waals surface area contributed by atoms with Crippen molar-refractivity contribution in [3.63, 3.8) is 0 Å². The number of rotatable bonds is 2. The summed E-state index contributed by atoms with van der Waals surface area (Å²) in [5, 5.41) is 0.654. The van der Waals surface area contributed by atoms with Crippen LogP contribution in [0.3, 0.4) is 0 Å². The molecule has 0 fully saturated rings. The van der Waals surface area contributed by atoms with Crippen molar-refractivity contribution in [3.8, 4) is 11.3 Å². The van der Waals surface area contributed by atoms with Crippen LogP contribution in [0.2, 0.25) is 5.02 Å². The number of hydrogen-bond acceptors (Lipinski definition) is 2. The molecule has 1 aromatic carbocycles. The van der Waals surface area contributed by atoms with Gasteiger partial charge in [-0.15, -0.1) is 0 Å². The highest BCUT2D eigenvalue weighted by Crippen LogP contribution is 2.31. The first-order valence-corrected chi connectivity index (χ1v) is 5.22. The van der Waals surface area contributed by atoms with E-state index in [1.807, 2.05) is 25.1 Å². The lowest BCUT2D eigenvalue weighted by Gasteiger charge is -2.02. The summed E-state index contributed by atoms with van der Waals surface area (Å²) in [5.74, 6) is 1.72. The van der Waals surface area contributed by atoms with Crippen LogP contribution in [0.25, 0.3) is 11.3 Å². The van der Waals surface area contributed by atoms with Crippen LogP contribution in [0, 0.1) is 0 Å². The Bertz CT molecular complexity index is 476. The lowest BCUT2D eigenvalue weighted by atomic mass is 10.1. The van der Waals surface area contributed by atoms with E-state index in [1.165, 1.54) is 0 Å². The van der Waals surface area contributed by atoms with Crippen LogP contribution < -0.4 is 5.73 Å². The molecule has 2 rings (SSSR count). The first-order valence-electron chi connectivity index (χ1n) is 4.85. The summed E-state index contributed by atoms with van der Waals surface area (Å²) < 4.78 is 5.61. The zero-order chi connectivity index (χ0) is 10.8. The molecule has 0 saturated heterocycles.